The number of hydrogen-bond donors (Lipinski definition) is 0. The van der Waals surface area contributed by atoms with Gasteiger partial charge >= 0.3 is 5.97 Å². The van der Waals surface area contributed by atoms with E-state index in [9.17, 15) is 4.79 Å². The van der Waals surface area contributed by atoms with Gasteiger partial charge in [0.05, 0.1) is 20.6 Å². The summed E-state index contributed by atoms with van der Waals surface area (Å²) in [6, 6.07) is 0. The summed E-state index contributed by atoms with van der Waals surface area (Å²) in [6.07, 6.45) is 11.7. The van der Waals surface area contributed by atoms with Crippen molar-refractivity contribution in [1.29, 1.82) is 0 Å². The lowest BCUT2D eigenvalue weighted by atomic mass is 10.1. The SMILES string of the molecule is C=CC(=O)OC(C)[N+](C)(C)CCCCCCCCCC. The fourth-order valence-electron chi connectivity index (χ4n) is 2.19. The van der Waals surface area contributed by atoms with E-state index in [1.54, 1.807) is 0 Å². The van der Waals surface area contributed by atoms with Crippen molar-refractivity contribution in [2.45, 2.75) is 71.4 Å². The predicted octanol–water partition coefficient (Wildman–Crippen LogP) is 4.28. The lowest BCUT2D eigenvalue weighted by molar-refractivity contribution is -0.932. The van der Waals surface area contributed by atoms with E-state index in [-0.39, 0.29) is 12.2 Å². The Bertz CT molecular complexity index is 274. The van der Waals surface area contributed by atoms with Gasteiger partial charge in [-0.3, -0.25) is 4.48 Å². The summed E-state index contributed by atoms with van der Waals surface area (Å²) in [5, 5.41) is 0. The Morgan fingerprint density at radius 3 is 2.10 bits per heavy atom. The summed E-state index contributed by atoms with van der Waals surface area (Å²) in [5.74, 6) is -0.334. The van der Waals surface area contributed by atoms with E-state index in [1.165, 1.54) is 57.4 Å². The van der Waals surface area contributed by atoms with Crippen molar-refractivity contribution in [2.75, 3.05) is 20.6 Å². The molecule has 0 bridgehead atoms. The summed E-state index contributed by atoms with van der Waals surface area (Å²) in [5.41, 5.74) is 0. The first-order valence-electron chi connectivity index (χ1n) is 8.09. The maximum atomic E-state index is 11.2. The Morgan fingerprint density at radius 2 is 1.60 bits per heavy atom. The van der Waals surface area contributed by atoms with E-state index in [1.807, 2.05) is 6.92 Å². The highest BCUT2D eigenvalue weighted by atomic mass is 16.6. The lowest BCUT2D eigenvalue weighted by Gasteiger charge is -2.34. The molecule has 0 spiro atoms. The Balaban J connectivity index is 3.70. The van der Waals surface area contributed by atoms with Gasteiger partial charge < -0.3 is 4.74 Å². The molecule has 1 unspecified atom stereocenters. The molecule has 0 aliphatic heterocycles. The van der Waals surface area contributed by atoms with E-state index in [2.05, 4.69) is 27.6 Å². The van der Waals surface area contributed by atoms with Crippen LogP contribution in [0.15, 0.2) is 12.7 Å². The zero-order chi connectivity index (χ0) is 15.4. The molecule has 0 rings (SSSR count). The first-order valence-corrected chi connectivity index (χ1v) is 8.09. The van der Waals surface area contributed by atoms with Crippen LogP contribution in [0.4, 0.5) is 0 Å². The fraction of sp³-hybridized carbons (Fsp3) is 0.824. The van der Waals surface area contributed by atoms with E-state index >= 15 is 0 Å². The second kappa shape index (κ2) is 10.9. The molecule has 0 heterocycles. The van der Waals surface area contributed by atoms with Crippen LogP contribution in [0.1, 0.15) is 65.2 Å². The molecular weight excluding hydrogens is 250 g/mol. The molecule has 0 saturated heterocycles. The van der Waals surface area contributed by atoms with Gasteiger partial charge in [-0.15, -0.1) is 0 Å². The largest absolute Gasteiger partial charge is 0.410 e. The van der Waals surface area contributed by atoms with E-state index in [0.717, 1.165) is 11.0 Å². The highest BCUT2D eigenvalue weighted by Gasteiger charge is 2.25. The van der Waals surface area contributed by atoms with Crippen molar-refractivity contribution in [3.05, 3.63) is 12.7 Å². The number of rotatable bonds is 12. The summed E-state index contributed by atoms with van der Waals surface area (Å²) in [7, 11) is 4.23. The van der Waals surface area contributed by atoms with Crippen LogP contribution in [-0.2, 0) is 9.53 Å². The van der Waals surface area contributed by atoms with E-state index in [0.29, 0.717) is 0 Å². The van der Waals surface area contributed by atoms with Crippen molar-refractivity contribution >= 4 is 5.97 Å². The minimum atomic E-state index is -0.334. The number of ether oxygens (including phenoxy) is 1. The molecule has 0 aromatic heterocycles. The molecule has 0 amide bonds. The first kappa shape index (κ1) is 19.2. The molecule has 20 heavy (non-hydrogen) atoms. The number of unbranched alkanes of at least 4 members (excludes halogenated alkanes) is 7. The van der Waals surface area contributed by atoms with Gasteiger partial charge in [0.15, 0.2) is 0 Å². The van der Waals surface area contributed by atoms with Crippen LogP contribution in [0.5, 0.6) is 0 Å². The third kappa shape index (κ3) is 9.13. The average Bonchev–Trinajstić information content (AvgIpc) is 2.41. The summed E-state index contributed by atoms with van der Waals surface area (Å²) in [6.45, 7) is 8.67. The molecule has 118 valence electrons. The third-order valence-corrected chi connectivity index (χ3v) is 4.03. The monoisotopic (exact) mass is 284 g/mol. The van der Waals surface area contributed by atoms with Gasteiger partial charge in [0.1, 0.15) is 0 Å². The highest BCUT2D eigenvalue weighted by molar-refractivity contribution is 5.81. The summed E-state index contributed by atoms with van der Waals surface area (Å²) >= 11 is 0. The second-order valence-electron chi connectivity index (χ2n) is 6.22. The van der Waals surface area contributed by atoms with Crippen molar-refractivity contribution in [1.82, 2.24) is 0 Å². The maximum Gasteiger partial charge on any atom is 0.334 e. The van der Waals surface area contributed by atoms with Crippen LogP contribution in [0.2, 0.25) is 0 Å². The number of nitrogens with zero attached hydrogens (tertiary/aromatic N) is 1. The highest BCUT2D eigenvalue weighted by Crippen LogP contribution is 2.13. The number of carbonyl (C=O) groups excluding carboxylic acids is 1. The van der Waals surface area contributed by atoms with Gasteiger partial charge in [0.2, 0.25) is 6.23 Å². The van der Waals surface area contributed by atoms with Crippen LogP contribution < -0.4 is 0 Å². The molecular formula is C17H34NO2+. The van der Waals surface area contributed by atoms with Crippen LogP contribution in [-0.4, -0.2) is 37.3 Å². The van der Waals surface area contributed by atoms with Crippen molar-refractivity contribution in [3.63, 3.8) is 0 Å². The standard InChI is InChI=1S/C17H34NO2/c1-6-8-9-10-11-12-13-14-15-18(4,5)16(3)20-17(19)7-2/h7,16H,2,6,8-15H2,1,3-5H3/q+1. The Hall–Kier alpha value is -0.830. The Morgan fingerprint density at radius 1 is 1.10 bits per heavy atom. The second-order valence-corrected chi connectivity index (χ2v) is 6.22. The van der Waals surface area contributed by atoms with Crippen LogP contribution in [0, 0.1) is 0 Å². The number of esters is 1. The molecule has 0 radical (unpaired) electrons. The van der Waals surface area contributed by atoms with Crippen molar-refractivity contribution < 1.29 is 14.0 Å². The topological polar surface area (TPSA) is 26.3 Å². The summed E-state index contributed by atoms with van der Waals surface area (Å²) < 4.78 is 6.02. The number of carbonyl (C=O) groups is 1. The normalized spacial score (nSPS) is 13.0. The minimum Gasteiger partial charge on any atom is -0.410 e. The number of quaternary nitrogens is 1. The Kier molecular flexibility index (Phi) is 10.4. The van der Waals surface area contributed by atoms with E-state index in [4.69, 9.17) is 4.74 Å². The molecule has 0 fully saturated rings. The van der Waals surface area contributed by atoms with Gasteiger partial charge in [0, 0.05) is 13.0 Å². The molecule has 1 atom stereocenters. The molecule has 0 aromatic carbocycles. The van der Waals surface area contributed by atoms with Gasteiger partial charge in [-0.2, -0.15) is 0 Å². The lowest BCUT2D eigenvalue weighted by Crippen LogP contribution is -2.49. The molecule has 3 nitrogen and oxygen atoms in total. The average molecular weight is 284 g/mol. The maximum absolute atomic E-state index is 11.2. The zero-order valence-electron chi connectivity index (χ0n) is 14.0. The van der Waals surface area contributed by atoms with Crippen LogP contribution in [0.3, 0.4) is 0 Å². The smallest absolute Gasteiger partial charge is 0.334 e. The minimum absolute atomic E-state index is 0.120. The fourth-order valence-corrected chi connectivity index (χ4v) is 2.19. The zero-order valence-corrected chi connectivity index (χ0v) is 14.0. The molecule has 0 aliphatic carbocycles. The third-order valence-electron chi connectivity index (χ3n) is 4.03. The Labute approximate surface area is 125 Å². The quantitative estimate of drug-likeness (QED) is 0.176. The van der Waals surface area contributed by atoms with Crippen LogP contribution >= 0.6 is 0 Å². The molecule has 0 saturated carbocycles. The van der Waals surface area contributed by atoms with E-state index < -0.39 is 0 Å². The van der Waals surface area contributed by atoms with Gasteiger partial charge in [-0.25, -0.2) is 4.79 Å². The predicted molar refractivity (Wildman–Crippen MR) is 85.3 cm³/mol. The van der Waals surface area contributed by atoms with Gasteiger partial charge in [-0.05, 0) is 12.8 Å². The molecule has 0 aliphatic rings. The van der Waals surface area contributed by atoms with Crippen LogP contribution in [0.25, 0.3) is 0 Å². The first-order chi connectivity index (χ1) is 9.44. The molecule has 3 heteroatoms. The van der Waals surface area contributed by atoms with Gasteiger partial charge in [-0.1, -0.05) is 52.0 Å². The number of hydrogen-bond acceptors (Lipinski definition) is 2. The molecule has 0 N–H and O–H groups in total. The van der Waals surface area contributed by atoms with Gasteiger partial charge in [0.25, 0.3) is 0 Å². The van der Waals surface area contributed by atoms with Crippen molar-refractivity contribution in [2.24, 2.45) is 0 Å². The molecule has 0 aromatic rings. The van der Waals surface area contributed by atoms with Crippen molar-refractivity contribution in [3.8, 4) is 0 Å². The summed E-state index contributed by atoms with van der Waals surface area (Å²) in [4.78, 5) is 11.2.